The van der Waals surface area contributed by atoms with Crippen molar-refractivity contribution in [2.75, 3.05) is 7.11 Å². The van der Waals surface area contributed by atoms with Crippen LogP contribution in [-0.2, 0) is 0 Å². The minimum atomic E-state index is -0.659. The number of hydrogen-bond donors (Lipinski definition) is 2. The Bertz CT molecular complexity index is 5560. The number of rotatable bonds is 21. The van der Waals surface area contributed by atoms with E-state index in [4.69, 9.17) is 14.9 Å². The summed E-state index contributed by atoms with van der Waals surface area (Å²) in [6.07, 6.45) is 15.2. The van der Waals surface area contributed by atoms with Gasteiger partial charge in [0.1, 0.15) is 40.5 Å². The normalized spacial score (nSPS) is 11.8. The van der Waals surface area contributed by atoms with Crippen LogP contribution >= 0.6 is 0 Å². The van der Waals surface area contributed by atoms with Gasteiger partial charge in [0.2, 0.25) is 0 Å². The van der Waals surface area contributed by atoms with Gasteiger partial charge in [-0.2, -0.15) is 20.4 Å². The molecule has 4 heterocycles. The Morgan fingerprint density at radius 2 is 0.513 bits per heavy atom. The van der Waals surface area contributed by atoms with Gasteiger partial charge in [-0.05, 0) is 223 Å². The van der Waals surface area contributed by atoms with E-state index in [1.807, 2.05) is 56.2 Å². The number of aromatic nitrogens is 8. The molecule has 0 aliphatic heterocycles. The lowest BCUT2D eigenvalue weighted by Gasteiger charge is -2.20. The van der Waals surface area contributed by atoms with Gasteiger partial charge in [-0.25, -0.2) is 36.3 Å². The number of halogens is 4. The Labute approximate surface area is 661 Å². The second kappa shape index (κ2) is 32.8. The first-order valence-corrected chi connectivity index (χ1v) is 39.2. The van der Waals surface area contributed by atoms with Crippen molar-refractivity contribution in [3.05, 3.63) is 293 Å². The van der Waals surface area contributed by atoms with Gasteiger partial charge >= 0.3 is 0 Å². The van der Waals surface area contributed by atoms with Gasteiger partial charge < -0.3 is 14.9 Å². The molecule has 0 saturated carbocycles. The van der Waals surface area contributed by atoms with E-state index in [2.05, 4.69) is 194 Å². The van der Waals surface area contributed by atoms with Crippen molar-refractivity contribution >= 4 is 0 Å². The Morgan fingerprint density at radius 1 is 0.283 bits per heavy atom. The second-order valence-corrected chi connectivity index (χ2v) is 32.0. The molecular formula is C98H100F4N8O3. The number of aryl methyl sites for hydroxylation is 1. The van der Waals surface area contributed by atoms with Gasteiger partial charge in [0, 0.05) is 86.0 Å². The molecule has 0 bridgehead atoms. The third-order valence-electron chi connectivity index (χ3n) is 21.7. The molecule has 0 fully saturated rings. The van der Waals surface area contributed by atoms with Gasteiger partial charge in [0.15, 0.2) is 0 Å². The fraction of sp³-hybridized carbons (Fsp3) is 0.265. The zero-order chi connectivity index (χ0) is 80.7. The van der Waals surface area contributed by atoms with Crippen LogP contribution in [0.15, 0.2) is 219 Å². The maximum atomic E-state index is 16.3. The molecule has 0 spiro atoms. The molecule has 0 unspecified atom stereocenters. The van der Waals surface area contributed by atoms with Crippen molar-refractivity contribution in [3.63, 3.8) is 0 Å². The minimum absolute atomic E-state index is 0.0221. The molecule has 14 aromatic rings. The van der Waals surface area contributed by atoms with Crippen molar-refractivity contribution < 1.29 is 32.5 Å². The molecule has 4 aromatic heterocycles. The van der Waals surface area contributed by atoms with Crippen molar-refractivity contribution in [2.45, 2.75) is 165 Å². The fourth-order valence-corrected chi connectivity index (χ4v) is 15.9. The SMILES string of the molecule is CC(C)c1cccc(C(C)C)c1-c1cnn(-c2ccc(F)c(-c3c(O)ccc(O)c3-c3cc(-n4cc(-c5c(C(C)C)cccc5C(C)C)cn4)ccc3F)c2)c1.COc1ccc(C)c(-c2cc(-n3cc(-c4c(C(C)C)cccc4C(C)C)cn3)ccc2F)c1-c1cc(-n2cc(-c3c(C(C)C)cccc3C(C)C)cn2)ccc1F. The van der Waals surface area contributed by atoms with Crippen LogP contribution < -0.4 is 4.74 Å². The zero-order valence-electron chi connectivity index (χ0n) is 67.8. The molecule has 10 aromatic carbocycles. The van der Waals surface area contributed by atoms with Crippen molar-refractivity contribution in [2.24, 2.45) is 0 Å². The molecule has 0 atom stereocenters. The van der Waals surface area contributed by atoms with E-state index in [9.17, 15) is 10.2 Å². The summed E-state index contributed by atoms with van der Waals surface area (Å²) in [5.74, 6) is -0.00718. The first-order chi connectivity index (χ1) is 54.0. The van der Waals surface area contributed by atoms with Crippen LogP contribution in [0.3, 0.4) is 0 Å². The highest BCUT2D eigenvalue weighted by atomic mass is 19.1. The summed E-state index contributed by atoms with van der Waals surface area (Å²) in [7, 11) is 1.55. The summed E-state index contributed by atoms with van der Waals surface area (Å²) in [6.45, 7) is 36.9. The summed E-state index contributed by atoms with van der Waals surface area (Å²) in [4.78, 5) is 0. The highest BCUT2D eigenvalue weighted by Crippen LogP contribution is 2.50. The van der Waals surface area contributed by atoms with E-state index in [1.165, 1.54) is 92.0 Å². The van der Waals surface area contributed by atoms with Gasteiger partial charge in [-0.3, -0.25) is 0 Å². The van der Waals surface area contributed by atoms with E-state index in [0.717, 1.165) is 38.9 Å². The van der Waals surface area contributed by atoms with Crippen LogP contribution in [-0.4, -0.2) is 56.4 Å². The van der Waals surface area contributed by atoms with Gasteiger partial charge in [-0.15, -0.1) is 0 Å². The van der Waals surface area contributed by atoms with Crippen LogP contribution in [0.2, 0.25) is 0 Å². The third-order valence-corrected chi connectivity index (χ3v) is 21.7. The Morgan fingerprint density at radius 3 is 0.743 bits per heavy atom. The quantitative estimate of drug-likeness (QED) is 0.0543. The van der Waals surface area contributed by atoms with Crippen LogP contribution in [0.5, 0.6) is 17.2 Å². The standard InChI is InChI=1S/C50H52F2N4O.C48H48F2N4O2/c1-29(2)38-13-11-14-39(30(3)4)48(38)34-25-53-55(27-34)36-18-20-44(51)42(23-36)47-33(9)17-22-46(57-10)50(47)43-24-37(19-21-45(43)52)56-28-35(26-54-56)49-40(31(5)6)15-12-16-41(49)32(7)8;1-27(2)35-11-9-12-36(28(3)4)45(35)31-23-51-53(25-31)33-15-17-41(49)39(21-33)47-43(55)19-20-44(56)48(47)40-22-34(16-18-42(40)50)54-26-32(24-52-54)46-37(29(5)6)13-10-14-38(46)30(7)8/h11-32H,1-10H3;9-30,55-56H,1-8H3. The van der Waals surface area contributed by atoms with Gasteiger partial charge in [0.25, 0.3) is 0 Å². The summed E-state index contributed by atoms with van der Waals surface area (Å²) in [6, 6.07) is 50.7. The molecule has 11 nitrogen and oxygen atoms in total. The first-order valence-electron chi connectivity index (χ1n) is 39.2. The summed E-state index contributed by atoms with van der Waals surface area (Å²) in [5.41, 5.74) is 23.0. The third kappa shape index (κ3) is 15.7. The lowest BCUT2D eigenvalue weighted by Crippen LogP contribution is -2.02. The van der Waals surface area contributed by atoms with Crippen molar-refractivity contribution in [3.8, 4) is 129 Å². The molecular weight excluding hydrogens is 1410 g/mol. The highest BCUT2D eigenvalue weighted by molar-refractivity contribution is 5.94. The van der Waals surface area contributed by atoms with E-state index >= 15 is 17.6 Å². The molecule has 113 heavy (non-hydrogen) atoms. The second-order valence-electron chi connectivity index (χ2n) is 32.0. The number of aromatic hydroxyl groups is 2. The average molecular weight is 1510 g/mol. The number of phenolic OH excluding ortho intramolecular Hbond substituents is 2. The number of ether oxygens (including phenoxy) is 1. The smallest absolute Gasteiger partial charge is 0.131 e. The molecule has 578 valence electrons. The van der Waals surface area contributed by atoms with Crippen LogP contribution in [0.4, 0.5) is 17.6 Å². The van der Waals surface area contributed by atoms with Crippen molar-refractivity contribution in [1.29, 1.82) is 0 Å². The van der Waals surface area contributed by atoms with E-state index in [1.54, 1.807) is 86.8 Å². The number of phenols is 2. The molecule has 14 rings (SSSR count). The van der Waals surface area contributed by atoms with E-state index in [-0.39, 0.29) is 63.0 Å². The number of hydrogen-bond acceptors (Lipinski definition) is 7. The van der Waals surface area contributed by atoms with E-state index < -0.39 is 23.3 Å². The van der Waals surface area contributed by atoms with Gasteiger partial charge in [0.05, 0.1) is 54.6 Å². The monoisotopic (exact) mass is 1510 g/mol. The molecule has 15 heteroatoms. The molecule has 0 saturated heterocycles. The van der Waals surface area contributed by atoms with Gasteiger partial charge in [-0.1, -0.05) is 190 Å². The maximum absolute atomic E-state index is 16.3. The topological polar surface area (TPSA) is 121 Å². The predicted octanol–water partition coefficient (Wildman–Crippen LogP) is 26.7. The Hall–Kier alpha value is -11.8. The minimum Gasteiger partial charge on any atom is -0.507 e. The Balaban J connectivity index is 0.000000198. The van der Waals surface area contributed by atoms with Crippen LogP contribution in [0.25, 0.3) is 112 Å². The molecule has 2 N–H and O–H groups in total. The fourth-order valence-electron chi connectivity index (χ4n) is 15.9. The lowest BCUT2D eigenvalue weighted by molar-refractivity contribution is 0.416. The maximum Gasteiger partial charge on any atom is 0.131 e. The zero-order valence-corrected chi connectivity index (χ0v) is 67.8. The molecule has 0 aliphatic carbocycles. The number of methoxy groups -OCH3 is 1. The summed E-state index contributed by atoms with van der Waals surface area (Å²) < 4.78 is 77.3. The predicted molar refractivity (Wildman–Crippen MR) is 452 cm³/mol. The summed E-state index contributed by atoms with van der Waals surface area (Å²) in [5, 5.41) is 41.6. The first kappa shape index (κ1) is 79.3. The van der Waals surface area contributed by atoms with E-state index in [0.29, 0.717) is 68.9 Å². The number of nitrogens with zero attached hydrogens (tertiary/aromatic N) is 8. The average Bonchev–Trinajstić information content (AvgIpc) is 1.28. The highest BCUT2D eigenvalue weighted by Gasteiger charge is 2.29. The van der Waals surface area contributed by atoms with Crippen LogP contribution in [0.1, 0.15) is 208 Å². The lowest BCUT2D eigenvalue weighted by atomic mass is 9.86. The van der Waals surface area contributed by atoms with Crippen LogP contribution in [0, 0.1) is 30.2 Å². The number of benzene rings is 10. The summed E-state index contributed by atoms with van der Waals surface area (Å²) >= 11 is 0. The van der Waals surface area contributed by atoms with Crippen molar-refractivity contribution in [1.82, 2.24) is 39.1 Å². The molecule has 0 radical (unpaired) electrons. The Kier molecular flexibility index (Phi) is 23.0. The largest absolute Gasteiger partial charge is 0.507 e. The molecule has 0 aliphatic rings. The molecule has 0 amide bonds.